The zero-order valence-corrected chi connectivity index (χ0v) is 21.5. The van der Waals surface area contributed by atoms with Crippen molar-refractivity contribution in [2.24, 2.45) is 4.99 Å². The van der Waals surface area contributed by atoms with E-state index in [2.05, 4.69) is 21.7 Å². The third-order valence-corrected chi connectivity index (χ3v) is 4.41. The maximum absolute atomic E-state index is 12.1. The lowest BCUT2D eigenvalue weighted by atomic mass is 10.1. The Bertz CT molecular complexity index is 637. The van der Waals surface area contributed by atoms with Crippen molar-refractivity contribution in [2.75, 3.05) is 46.0 Å². The first-order chi connectivity index (χ1) is 14.0. The van der Waals surface area contributed by atoms with Gasteiger partial charge in [0.25, 0.3) is 0 Å². The van der Waals surface area contributed by atoms with E-state index in [1.807, 2.05) is 51.7 Å². The van der Waals surface area contributed by atoms with Crippen LogP contribution in [-0.2, 0) is 16.1 Å². The van der Waals surface area contributed by atoms with Crippen LogP contribution in [0.25, 0.3) is 0 Å². The molecule has 0 saturated carbocycles. The van der Waals surface area contributed by atoms with Crippen molar-refractivity contribution in [3.63, 3.8) is 0 Å². The summed E-state index contributed by atoms with van der Waals surface area (Å²) < 4.78 is 11.2. The Morgan fingerprint density at radius 3 is 2.47 bits per heavy atom. The first kappa shape index (κ1) is 28.5. The Morgan fingerprint density at radius 2 is 1.83 bits per heavy atom. The zero-order chi connectivity index (χ0) is 21.5. The molecule has 0 bridgehead atoms. The van der Waals surface area contributed by atoms with E-state index in [0.29, 0.717) is 45.3 Å². The predicted molar refractivity (Wildman–Crippen MR) is 134 cm³/mol. The van der Waals surface area contributed by atoms with Crippen molar-refractivity contribution in [1.82, 2.24) is 15.5 Å². The van der Waals surface area contributed by atoms with Crippen molar-refractivity contribution in [1.29, 1.82) is 0 Å². The van der Waals surface area contributed by atoms with Crippen LogP contribution in [-0.4, -0.2) is 62.8 Å². The van der Waals surface area contributed by atoms with Gasteiger partial charge in [0.1, 0.15) is 12.4 Å². The number of halogens is 1. The second-order valence-electron chi connectivity index (χ2n) is 6.59. The summed E-state index contributed by atoms with van der Waals surface area (Å²) in [6, 6.07) is 6.13. The smallest absolute Gasteiger partial charge is 0.224 e. The highest BCUT2D eigenvalue weighted by Crippen LogP contribution is 2.21. The van der Waals surface area contributed by atoms with E-state index in [-0.39, 0.29) is 29.9 Å². The molecule has 8 heteroatoms. The fourth-order valence-corrected chi connectivity index (χ4v) is 2.81. The summed E-state index contributed by atoms with van der Waals surface area (Å²) in [6.45, 7) is 15.1. The van der Waals surface area contributed by atoms with Crippen LogP contribution >= 0.6 is 24.0 Å². The molecule has 0 fully saturated rings. The maximum atomic E-state index is 12.1. The van der Waals surface area contributed by atoms with E-state index in [9.17, 15) is 4.79 Å². The van der Waals surface area contributed by atoms with E-state index in [0.717, 1.165) is 36.5 Å². The lowest BCUT2D eigenvalue weighted by molar-refractivity contribution is -0.130. The fraction of sp³-hybridized carbons (Fsp3) is 0.636. The molecule has 1 amide bonds. The highest BCUT2D eigenvalue weighted by molar-refractivity contribution is 14.0. The highest BCUT2D eigenvalue weighted by Gasteiger charge is 2.09. The van der Waals surface area contributed by atoms with Crippen LogP contribution in [0.4, 0.5) is 0 Å². The van der Waals surface area contributed by atoms with Gasteiger partial charge in [0.05, 0.1) is 13.2 Å². The van der Waals surface area contributed by atoms with E-state index in [4.69, 9.17) is 9.47 Å². The molecule has 0 aliphatic rings. The summed E-state index contributed by atoms with van der Waals surface area (Å²) in [7, 11) is 0. The average molecular weight is 534 g/mol. The normalized spacial score (nSPS) is 10.9. The van der Waals surface area contributed by atoms with Crippen LogP contribution in [0.1, 0.15) is 45.2 Å². The first-order valence-electron chi connectivity index (χ1n) is 10.7. The van der Waals surface area contributed by atoms with Gasteiger partial charge in [-0.05, 0) is 46.2 Å². The van der Waals surface area contributed by atoms with Gasteiger partial charge in [-0.15, -0.1) is 24.0 Å². The van der Waals surface area contributed by atoms with Gasteiger partial charge in [-0.3, -0.25) is 4.79 Å². The summed E-state index contributed by atoms with van der Waals surface area (Å²) in [5, 5.41) is 6.47. The van der Waals surface area contributed by atoms with Crippen LogP contribution in [0.5, 0.6) is 5.75 Å². The average Bonchev–Trinajstić information content (AvgIpc) is 2.71. The molecule has 1 aromatic rings. The number of benzene rings is 1. The van der Waals surface area contributed by atoms with Gasteiger partial charge in [0.2, 0.25) is 5.91 Å². The van der Waals surface area contributed by atoms with E-state index in [1.165, 1.54) is 0 Å². The summed E-state index contributed by atoms with van der Waals surface area (Å²) in [5.74, 6) is 1.68. The maximum Gasteiger partial charge on any atom is 0.224 e. The van der Waals surface area contributed by atoms with Gasteiger partial charge in [0.15, 0.2) is 5.96 Å². The Morgan fingerprint density at radius 1 is 1.10 bits per heavy atom. The van der Waals surface area contributed by atoms with Crippen LogP contribution in [0.2, 0.25) is 0 Å². The Kier molecular flexibility index (Phi) is 16.3. The van der Waals surface area contributed by atoms with E-state index in [1.54, 1.807) is 0 Å². The van der Waals surface area contributed by atoms with Crippen molar-refractivity contribution >= 4 is 35.8 Å². The molecule has 7 nitrogen and oxygen atoms in total. The SMILES string of the molecule is CCNC(=NCc1ccc(C)cc1OCCOCC)NCCC(=O)N(CC)CC.I. The summed E-state index contributed by atoms with van der Waals surface area (Å²) in [4.78, 5) is 18.6. The quantitative estimate of drug-likeness (QED) is 0.176. The van der Waals surface area contributed by atoms with E-state index < -0.39 is 0 Å². The molecular formula is C22H39IN4O3. The molecule has 0 unspecified atom stereocenters. The monoisotopic (exact) mass is 534 g/mol. The standard InChI is InChI=1S/C22H38N4O3.HI/c1-6-23-22(24-13-12-21(27)26(7-2)8-3)25-17-19-11-10-18(5)16-20(19)29-15-14-28-9-4;/h10-11,16H,6-9,12-15,17H2,1-5H3,(H2,23,24,25);1H. The third kappa shape index (κ3) is 11.0. The minimum absolute atomic E-state index is 0. The Balaban J connectivity index is 0.00000841. The Labute approximate surface area is 199 Å². The molecule has 2 N–H and O–H groups in total. The fourth-order valence-electron chi connectivity index (χ4n) is 2.81. The molecule has 0 aliphatic heterocycles. The number of rotatable bonds is 13. The Hall–Kier alpha value is -1.55. The van der Waals surface area contributed by atoms with Gasteiger partial charge in [-0.1, -0.05) is 12.1 Å². The molecule has 1 rings (SSSR count). The molecule has 0 saturated heterocycles. The van der Waals surface area contributed by atoms with Crippen LogP contribution < -0.4 is 15.4 Å². The second kappa shape index (κ2) is 17.2. The van der Waals surface area contributed by atoms with Crippen LogP contribution in [0, 0.1) is 6.92 Å². The van der Waals surface area contributed by atoms with Gasteiger partial charge >= 0.3 is 0 Å². The molecule has 0 aromatic heterocycles. The number of carbonyl (C=O) groups excluding carboxylic acids is 1. The third-order valence-electron chi connectivity index (χ3n) is 4.41. The number of amides is 1. The molecule has 1 aromatic carbocycles. The minimum atomic E-state index is 0. The van der Waals surface area contributed by atoms with E-state index >= 15 is 0 Å². The number of guanidine groups is 1. The molecule has 172 valence electrons. The number of hydrogen-bond acceptors (Lipinski definition) is 4. The van der Waals surface area contributed by atoms with Gasteiger partial charge in [-0.25, -0.2) is 4.99 Å². The number of nitrogens with zero attached hydrogens (tertiary/aromatic N) is 2. The topological polar surface area (TPSA) is 75.2 Å². The number of carbonyl (C=O) groups is 1. The van der Waals surface area contributed by atoms with Crippen molar-refractivity contribution in [2.45, 2.75) is 47.6 Å². The lowest BCUT2D eigenvalue weighted by Crippen LogP contribution is -2.40. The van der Waals surface area contributed by atoms with Gasteiger partial charge < -0.3 is 25.0 Å². The molecule has 0 spiro atoms. The summed E-state index contributed by atoms with van der Waals surface area (Å²) >= 11 is 0. The largest absolute Gasteiger partial charge is 0.491 e. The minimum Gasteiger partial charge on any atom is -0.491 e. The second-order valence-corrected chi connectivity index (χ2v) is 6.59. The molecular weight excluding hydrogens is 495 g/mol. The summed E-state index contributed by atoms with van der Waals surface area (Å²) in [5.41, 5.74) is 2.16. The number of ether oxygens (including phenoxy) is 2. The lowest BCUT2D eigenvalue weighted by Gasteiger charge is -2.19. The molecule has 0 aliphatic carbocycles. The number of hydrogen-bond donors (Lipinski definition) is 2. The molecule has 0 heterocycles. The van der Waals surface area contributed by atoms with Crippen molar-refractivity contribution in [3.05, 3.63) is 29.3 Å². The number of nitrogens with one attached hydrogen (secondary N) is 2. The molecule has 30 heavy (non-hydrogen) atoms. The van der Waals surface area contributed by atoms with Crippen LogP contribution in [0.15, 0.2) is 23.2 Å². The first-order valence-corrected chi connectivity index (χ1v) is 10.7. The zero-order valence-electron chi connectivity index (χ0n) is 19.1. The predicted octanol–water partition coefficient (Wildman–Crippen LogP) is 3.34. The number of aryl methyl sites for hydroxylation is 1. The van der Waals surface area contributed by atoms with Crippen molar-refractivity contribution in [3.8, 4) is 5.75 Å². The summed E-state index contributed by atoms with van der Waals surface area (Å²) in [6.07, 6.45) is 0.447. The van der Waals surface area contributed by atoms with Crippen molar-refractivity contribution < 1.29 is 14.3 Å². The molecule has 0 radical (unpaired) electrons. The number of aliphatic imine (C=N–C) groups is 1. The van der Waals surface area contributed by atoms with Gasteiger partial charge in [-0.2, -0.15) is 0 Å². The highest BCUT2D eigenvalue weighted by atomic mass is 127. The van der Waals surface area contributed by atoms with Gasteiger partial charge in [0, 0.05) is 44.8 Å². The van der Waals surface area contributed by atoms with Crippen LogP contribution in [0.3, 0.4) is 0 Å². The molecule has 0 atom stereocenters.